The average Bonchev–Trinajstić information content (AvgIpc) is 2.28. The topological polar surface area (TPSA) is 29.5 Å². The maximum absolute atomic E-state index is 11.9. The molecule has 3 nitrogen and oxygen atoms in total. The van der Waals surface area contributed by atoms with Gasteiger partial charge in [0.25, 0.3) is 0 Å². The second kappa shape index (κ2) is 6.33. The molecule has 0 radical (unpaired) electrons. The van der Waals surface area contributed by atoms with Crippen molar-refractivity contribution in [1.82, 2.24) is 4.90 Å². The van der Waals surface area contributed by atoms with Gasteiger partial charge in [-0.1, -0.05) is 20.3 Å². The van der Waals surface area contributed by atoms with Crippen molar-refractivity contribution in [3.8, 4) is 0 Å². The number of nitrogens with zero attached hydrogens (tertiary/aromatic N) is 1. The largest absolute Gasteiger partial charge is 0.373 e. The van der Waals surface area contributed by atoms with E-state index in [1.807, 2.05) is 4.90 Å². The molecule has 1 amide bonds. The highest BCUT2D eigenvalue weighted by Crippen LogP contribution is 2.13. The van der Waals surface area contributed by atoms with Gasteiger partial charge in [-0.15, -0.1) is 11.6 Å². The Labute approximate surface area is 96.7 Å². The van der Waals surface area contributed by atoms with Crippen molar-refractivity contribution in [2.75, 3.05) is 25.6 Å². The van der Waals surface area contributed by atoms with Gasteiger partial charge in [-0.3, -0.25) is 4.79 Å². The summed E-state index contributed by atoms with van der Waals surface area (Å²) in [6, 6.07) is 0. The molecule has 0 saturated carbocycles. The fourth-order valence-corrected chi connectivity index (χ4v) is 1.80. The number of ether oxygens (including phenoxy) is 1. The van der Waals surface area contributed by atoms with Crippen LogP contribution in [-0.2, 0) is 9.53 Å². The fourth-order valence-electron chi connectivity index (χ4n) is 1.61. The van der Waals surface area contributed by atoms with E-state index < -0.39 is 0 Å². The lowest BCUT2D eigenvalue weighted by Gasteiger charge is -2.32. The van der Waals surface area contributed by atoms with Crippen LogP contribution in [0.2, 0.25) is 0 Å². The molecule has 1 fully saturated rings. The molecule has 1 rings (SSSR count). The Morgan fingerprint density at radius 2 is 2.40 bits per heavy atom. The summed E-state index contributed by atoms with van der Waals surface area (Å²) in [5.41, 5.74) is 0. The first kappa shape index (κ1) is 12.8. The van der Waals surface area contributed by atoms with Crippen molar-refractivity contribution < 1.29 is 9.53 Å². The molecule has 88 valence electrons. The molecule has 1 heterocycles. The van der Waals surface area contributed by atoms with Crippen LogP contribution in [0.15, 0.2) is 0 Å². The Bertz CT molecular complexity index is 211. The molecule has 0 bridgehead atoms. The lowest BCUT2D eigenvalue weighted by atomic mass is 10.0. The van der Waals surface area contributed by atoms with Crippen molar-refractivity contribution in [3.05, 3.63) is 0 Å². The number of morpholine rings is 1. The number of alkyl halides is 1. The number of halogens is 1. The van der Waals surface area contributed by atoms with Crippen LogP contribution in [0.5, 0.6) is 0 Å². The number of amides is 1. The van der Waals surface area contributed by atoms with Crippen LogP contribution in [0.3, 0.4) is 0 Å². The third kappa shape index (κ3) is 3.99. The summed E-state index contributed by atoms with van der Waals surface area (Å²) in [7, 11) is 0. The molecule has 2 atom stereocenters. The smallest absolute Gasteiger partial charge is 0.223 e. The van der Waals surface area contributed by atoms with Gasteiger partial charge in [0, 0.05) is 19.5 Å². The van der Waals surface area contributed by atoms with Gasteiger partial charge in [0.15, 0.2) is 0 Å². The second-order valence-corrected chi connectivity index (χ2v) is 4.51. The minimum absolute atomic E-state index is 0.0151. The highest BCUT2D eigenvalue weighted by molar-refractivity contribution is 6.18. The van der Waals surface area contributed by atoms with E-state index in [0.29, 0.717) is 37.9 Å². The molecule has 0 aromatic heterocycles. The minimum Gasteiger partial charge on any atom is -0.373 e. The van der Waals surface area contributed by atoms with Crippen LogP contribution < -0.4 is 0 Å². The van der Waals surface area contributed by atoms with Gasteiger partial charge < -0.3 is 9.64 Å². The van der Waals surface area contributed by atoms with Crippen LogP contribution in [0.4, 0.5) is 0 Å². The second-order valence-electron chi connectivity index (χ2n) is 4.20. The van der Waals surface area contributed by atoms with Gasteiger partial charge in [0.05, 0.1) is 18.6 Å². The summed E-state index contributed by atoms with van der Waals surface area (Å²) in [5.74, 6) is 1.17. The standard InChI is InChI=1S/C11H20ClNO2/c1-3-9(2)6-11(14)13-4-5-15-10(7-12)8-13/h9-10H,3-8H2,1-2H3. The minimum atomic E-state index is 0.0151. The number of carbonyl (C=O) groups is 1. The molecule has 1 aliphatic rings. The van der Waals surface area contributed by atoms with Gasteiger partial charge in [0.1, 0.15) is 0 Å². The number of hydrogen-bond donors (Lipinski definition) is 0. The Morgan fingerprint density at radius 1 is 1.67 bits per heavy atom. The van der Waals surface area contributed by atoms with Crippen molar-refractivity contribution >= 4 is 17.5 Å². The van der Waals surface area contributed by atoms with Gasteiger partial charge in [-0.25, -0.2) is 0 Å². The van der Waals surface area contributed by atoms with E-state index in [1.54, 1.807) is 0 Å². The number of carbonyl (C=O) groups excluding carboxylic acids is 1. The Kier molecular flexibility index (Phi) is 5.40. The van der Waals surface area contributed by atoms with E-state index in [1.165, 1.54) is 0 Å². The molecule has 0 aromatic carbocycles. The maximum Gasteiger partial charge on any atom is 0.223 e. The third-order valence-corrected chi connectivity index (χ3v) is 3.23. The van der Waals surface area contributed by atoms with E-state index in [0.717, 1.165) is 6.42 Å². The first-order valence-corrected chi connectivity index (χ1v) is 6.16. The average molecular weight is 234 g/mol. The van der Waals surface area contributed by atoms with E-state index in [-0.39, 0.29) is 12.0 Å². The van der Waals surface area contributed by atoms with Crippen LogP contribution in [0.25, 0.3) is 0 Å². The van der Waals surface area contributed by atoms with Gasteiger partial charge in [0.2, 0.25) is 5.91 Å². The molecule has 1 aliphatic heterocycles. The predicted octanol–water partition coefficient (Wildman–Crippen LogP) is 1.89. The predicted molar refractivity (Wildman–Crippen MR) is 61.1 cm³/mol. The fraction of sp³-hybridized carbons (Fsp3) is 0.909. The third-order valence-electron chi connectivity index (χ3n) is 2.88. The van der Waals surface area contributed by atoms with E-state index in [4.69, 9.17) is 16.3 Å². The zero-order chi connectivity index (χ0) is 11.3. The van der Waals surface area contributed by atoms with Crippen molar-refractivity contribution in [3.63, 3.8) is 0 Å². The highest BCUT2D eigenvalue weighted by Gasteiger charge is 2.23. The van der Waals surface area contributed by atoms with Gasteiger partial charge in [-0.2, -0.15) is 0 Å². The first-order chi connectivity index (χ1) is 7.17. The summed E-state index contributed by atoms with van der Waals surface area (Å²) in [4.78, 5) is 13.7. The Morgan fingerprint density at radius 3 is 3.00 bits per heavy atom. The molecule has 15 heavy (non-hydrogen) atoms. The first-order valence-electron chi connectivity index (χ1n) is 5.62. The molecular formula is C11H20ClNO2. The van der Waals surface area contributed by atoms with E-state index in [2.05, 4.69) is 13.8 Å². The molecule has 0 N–H and O–H groups in total. The normalized spacial score (nSPS) is 23.9. The van der Waals surface area contributed by atoms with E-state index in [9.17, 15) is 4.79 Å². The summed E-state index contributed by atoms with van der Waals surface area (Å²) in [5, 5.41) is 0. The summed E-state index contributed by atoms with van der Waals surface area (Å²) < 4.78 is 5.41. The van der Waals surface area contributed by atoms with Crippen LogP contribution in [0.1, 0.15) is 26.7 Å². The Balaban J connectivity index is 2.38. The molecule has 2 unspecified atom stereocenters. The van der Waals surface area contributed by atoms with Crippen molar-refractivity contribution in [2.45, 2.75) is 32.8 Å². The monoisotopic (exact) mass is 233 g/mol. The molecule has 1 saturated heterocycles. The lowest BCUT2D eigenvalue weighted by molar-refractivity contribution is -0.138. The van der Waals surface area contributed by atoms with Crippen LogP contribution in [0, 0.1) is 5.92 Å². The SMILES string of the molecule is CCC(C)CC(=O)N1CCOC(CCl)C1. The molecule has 0 aliphatic carbocycles. The summed E-state index contributed by atoms with van der Waals surface area (Å²) >= 11 is 5.72. The molecule has 0 aromatic rings. The highest BCUT2D eigenvalue weighted by atomic mass is 35.5. The molecular weight excluding hydrogens is 214 g/mol. The Hall–Kier alpha value is -0.280. The quantitative estimate of drug-likeness (QED) is 0.694. The molecule has 0 spiro atoms. The number of hydrogen-bond acceptors (Lipinski definition) is 2. The van der Waals surface area contributed by atoms with Gasteiger partial charge >= 0.3 is 0 Å². The zero-order valence-corrected chi connectivity index (χ0v) is 10.3. The van der Waals surface area contributed by atoms with E-state index >= 15 is 0 Å². The zero-order valence-electron chi connectivity index (χ0n) is 9.54. The maximum atomic E-state index is 11.9. The summed E-state index contributed by atoms with van der Waals surface area (Å²) in [6.45, 7) is 6.20. The van der Waals surface area contributed by atoms with Gasteiger partial charge in [-0.05, 0) is 5.92 Å². The molecule has 4 heteroatoms. The number of rotatable bonds is 4. The van der Waals surface area contributed by atoms with Crippen molar-refractivity contribution in [1.29, 1.82) is 0 Å². The lowest BCUT2D eigenvalue weighted by Crippen LogP contribution is -2.46. The summed E-state index contributed by atoms with van der Waals surface area (Å²) in [6.07, 6.45) is 1.71. The van der Waals surface area contributed by atoms with Crippen molar-refractivity contribution in [2.24, 2.45) is 5.92 Å². The van der Waals surface area contributed by atoms with Crippen LogP contribution in [-0.4, -0.2) is 42.5 Å². The van der Waals surface area contributed by atoms with Crippen LogP contribution >= 0.6 is 11.6 Å².